The van der Waals surface area contributed by atoms with Crippen LogP contribution in [-0.2, 0) is 6.54 Å². The van der Waals surface area contributed by atoms with Crippen LogP contribution >= 0.6 is 0 Å². The van der Waals surface area contributed by atoms with Gasteiger partial charge in [-0.25, -0.2) is 0 Å². The third-order valence-electron chi connectivity index (χ3n) is 2.04. The van der Waals surface area contributed by atoms with Crippen LogP contribution in [0.25, 0.3) is 0 Å². The van der Waals surface area contributed by atoms with Crippen LogP contribution in [0.4, 0.5) is 0 Å². The molecular formula is C13H19N. The molecule has 0 unspecified atom stereocenters. The summed E-state index contributed by atoms with van der Waals surface area (Å²) in [5.41, 5.74) is 2.43. The Kier molecular flexibility index (Phi) is 4.24. The van der Waals surface area contributed by atoms with Gasteiger partial charge in [0.1, 0.15) is 0 Å². The predicted octanol–water partition coefficient (Wildman–Crippen LogP) is 3.34. The molecule has 0 saturated heterocycles. The van der Waals surface area contributed by atoms with Crippen LogP contribution < -0.4 is 5.32 Å². The summed E-state index contributed by atoms with van der Waals surface area (Å²) in [6.07, 6.45) is 1.05. The fourth-order valence-corrected chi connectivity index (χ4v) is 1.39. The number of allylic oxidation sites excluding steroid dienone is 1. The Labute approximate surface area is 86.8 Å². The lowest BCUT2D eigenvalue weighted by Gasteiger charge is -2.11. The molecule has 0 aromatic heterocycles. The highest BCUT2D eigenvalue weighted by Gasteiger charge is 1.97. The van der Waals surface area contributed by atoms with Crippen molar-refractivity contribution in [2.45, 2.75) is 26.8 Å². The normalized spacial score (nSPS) is 10.2. The molecule has 0 bridgehead atoms. The number of hydrogen-bond donors (Lipinski definition) is 1. The minimum Gasteiger partial charge on any atom is -0.385 e. The van der Waals surface area contributed by atoms with E-state index in [0.29, 0.717) is 5.92 Å². The van der Waals surface area contributed by atoms with Crippen molar-refractivity contribution >= 4 is 0 Å². The van der Waals surface area contributed by atoms with E-state index in [1.807, 2.05) is 6.07 Å². The lowest BCUT2D eigenvalue weighted by Crippen LogP contribution is -2.13. The fourth-order valence-electron chi connectivity index (χ4n) is 1.39. The molecule has 0 radical (unpaired) electrons. The largest absolute Gasteiger partial charge is 0.385 e. The summed E-state index contributed by atoms with van der Waals surface area (Å²) < 4.78 is 0. The molecule has 0 amide bonds. The SMILES string of the molecule is C=C(CC(C)C)NCc1ccccc1. The molecule has 0 aliphatic carbocycles. The minimum absolute atomic E-state index is 0.672. The van der Waals surface area contributed by atoms with E-state index >= 15 is 0 Å². The van der Waals surface area contributed by atoms with Gasteiger partial charge >= 0.3 is 0 Å². The first kappa shape index (κ1) is 10.8. The van der Waals surface area contributed by atoms with E-state index in [2.05, 4.69) is 50.0 Å². The van der Waals surface area contributed by atoms with Crippen molar-refractivity contribution in [2.24, 2.45) is 5.92 Å². The van der Waals surface area contributed by atoms with Gasteiger partial charge in [0, 0.05) is 12.2 Å². The molecule has 1 aromatic rings. The first-order valence-electron chi connectivity index (χ1n) is 5.14. The Bertz CT molecular complexity index is 275. The zero-order valence-electron chi connectivity index (χ0n) is 9.09. The number of nitrogens with one attached hydrogen (secondary N) is 1. The first-order chi connectivity index (χ1) is 6.68. The molecule has 1 rings (SSSR count). The van der Waals surface area contributed by atoms with Gasteiger partial charge in [-0.2, -0.15) is 0 Å². The summed E-state index contributed by atoms with van der Waals surface area (Å²) in [6, 6.07) is 10.4. The Morgan fingerprint density at radius 2 is 1.93 bits per heavy atom. The highest BCUT2D eigenvalue weighted by atomic mass is 14.9. The predicted molar refractivity (Wildman–Crippen MR) is 61.9 cm³/mol. The zero-order chi connectivity index (χ0) is 10.4. The molecule has 1 heteroatoms. The molecular weight excluding hydrogens is 170 g/mol. The third kappa shape index (κ3) is 4.13. The van der Waals surface area contributed by atoms with E-state index in [1.165, 1.54) is 5.56 Å². The van der Waals surface area contributed by atoms with E-state index < -0.39 is 0 Å². The number of rotatable bonds is 5. The minimum atomic E-state index is 0.672. The van der Waals surface area contributed by atoms with Crippen molar-refractivity contribution in [3.63, 3.8) is 0 Å². The van der Waals surface area contributed by atoms with Crippen molar-refractivity contribution in [1.82, 2.24) is 5.32 Å². The number of hydrogen-bond acceptors (Lipinski definition) is 1. The van der Waals surface area contributed by atoms with Crippen molar-refractivity contribution in [3.8, 4) is 0 Å². The van der Waals surface area contributed by atoms with Gasteiger partial charge in [-0.1, -0.05) is 50.8 Å². The summed E-state index contributed by atoms with van der Waals surface area (Å²) in [6.45, 7) is 9.29. The van der Waals surface area contributed by atoms with Crippen molar-refractivity contribution in [2.75, 3.05) is 0 Å². The second-order valence-corrected chi connectivity index (χ2v) is 4.04. The average molecular weight is 189 g/mol. The zero-order valence-corrected chi connectivity index (χ0v) is 9.09. The molecule has 14 heavy (non-hydrogen) atoms. The maximum absolute atomic E-state index is 4.00. The van der Waals surface area contributed by atoms with Crippen molar-refractivity contribution in [1.29, 1.82) is 0 Å². The van der Waals surface area contributed by atoms with E-state index in [9.17, 15) is 0 Å². The van der Waals surface area contributed by atoms with E-state index in [4.69, 9.17) is 0 Å². The van der Waals surface area contributed by atoms with Crippen LogP contribution in [-0.4, -0.2) is 0 Å². The van der Waals surface area contributed by atoms with Gasteiger partial charge in [0.25, 0.3) is 0 Å². The number of benzene rings is 1. The Balaban J connectivity index is 2.31. The molecule has 1 nitrogen and oxygen atoms in total. The van der Waals surface area contributed by atoms with Crippen LogP contribution in [0.3, 0.4) is 0 Å². The van der Waals surface area contributed by atoms with Gasteiger partial charge in [-0.05, 0) is 17.9 Å². The monoisotopic (exact) mass is 189 g/mol. The van der Waals surface area contributed by atoms with Gasteiger partial charge in [0.05, 0.1) is 0 Å². The standard InChI is InChI=1S/C13H19N/c1-11(2)9-12(3)14-10-13-7-5-4-6-8-13/h4-8,11,14H,3,9-10H2,1-2H3. The van der Waals surface area contributed by atoms with Gasteiger partial charge in [0.15, 0.2) is 0 Å². The van der Waals surface area contributed by atoms with Gasteiger partial charge in [-0.3, -0.25) is 0 Å². The maximum Gasteiger partial charge on any atom is 0.0397 e. The highest BCUT2D eigenvalue weighted by Crippen LogP contribution is 2.06. The Morgan fingerprint density at radius 1 is 1.29 bits per heavy atom. The van der Waals surface area contributed by atoms with Gasteiger partial charge in [-0.15, -0.1) is 0 Å². The van der Waals surface area contributed by atoms with Crippen LogP contribution in [0.15, 0.2) is 42.6 Å². The highest BCUT2D eigenvalue weighted by molar-refractivity contribution is 5.15. The van der Waals surface area contributed by atoms with E-state index in [-0.39, 0.29) is 0 Å². The molecule has 0 atom stereocenters. The van der Waals surface area contributed by atoms with E-state index in [0.717, 1.165) is 18.7 Å². The molecule has 1 aromatic carbocycles. The molecule has 1 N–H and O–H groups in total. The third-order valence-corrected chi connectivity index (χ3v) is 2.04. The van der Waals surface area contributed by atoms with Crippen LogP contribution in [0.1, 0.15) is 25.8 Å². The molecule has 0 spiro atoms. The second-order valence-electron chi connectivity index (χ2n) is 4.04. The van der Waals surface area contributed by atoms with Crippen LogP contribution in [0.5, 0.6) is 0 Å². The second kappa shape index (κ2) is 5.48. The lowest BCUT2D eigenvalue weighted by atomic mass is 10.1. The smallest absolute Gasteiger partial charge is 0.0397 e. The maximum atomic E-state index is 4.00. The van der Waals surface area contributed by atoms with Crippen LogP contribution in [0.2, 0.25) is 0 Å². The molecule has 0 saturated carbocycles. The summed E-state index contributed by atoms with van der Waals surface area (Å²) >= 11 is 0. The van der Waals surface area contributed by atoms with E-state index in [1.54, 1.807) is 0 Å². The summed E-state index contributed by atoms with van der Waals surface area (Å²) in [7, 11) is 0. The Hall–Kier alpha value is -1.24. The summed E-state index contributed by atoms with van der Waals surface area (Å²) in [5, 5.41) is 3.34. The molecule has 0 aliphatic rings. The molecule has 76 valence electrons. The van der Waals surface area contributed by atoms with Gasteiger partial charge in [0.2, 0.25) is 0 Å². The summed E-state index contributed by atoms with van der Waals surface area (Å²) in [5.74, 6) is 0.672. The Morgan fingerprint density at radius 3 is 2.50 bits per heavy atom. The van der Waals surface area contributed by atoms with Crippen molar-refractivity contribution in [3.05, 3.63) is 48.2 Å². The van der Waals surface area contributed by atoms with Gasteiger partial charge < -0.3 is 5.32 Å². The lowest BCUT2D eigenvalue weighted by molar-refractivity contribution is 0.602. The summed E-state index contributed by atoms with van der Waals surface area (Å²) in [4.78, 5) is 0. The molecule has 0 heterocycles. The molecule has 0 aliphatic heterocycles. The van der Waals surface area contributed by atoms with Crippen LogP contribution in [0, 0.1) is 5.92 Å². The average Bonchev–Trinajstić information content (AvgIpc) is 2.15. The quantitative estimate of drug-likeness (QED) is 0.749. The topological polar surface area (TPSA) is 12.0 Å². The van der Waals surface area contributed by atoms with Crippen molar-refractivity contribution < 1.29 is 0 Å². The fraction of sp³-hybridized carbons (Fsp3) is 0.385. The molecule has 0 fully saturated rings. The first-order valence-corrected chi connectivity index (χ1v) is 5.14.